The molecule has 1 aromatic carbocycles. The molecule has 1 heterocycles. The number of fused-ring (bicyclic) bond motifs is 1. The summed E-state index contributed by atoms with van der Waals surface area (Å²) in [4.78, 5) is 18.0. The number of aromatic amines is 1. The fraction of sp³-hybridized carbons (Fsp3) is 0.471. The predicted molar refractivity (Wildman–Crippen MR) is 87.6 cm³/mol. The lowest BCUT2D eigenvalue weighted by molar-refractivity contribution is -0.125. The van der Waals surface area contributed by atoms with Crippen molar-refractivity contribution in [1.82, 2.24) is 15.2 Å². The van der Waals surface area contributed by atoms with Gasteiger partial charge in [0.2, 0.25) is 5.91 Å². The summed E-state index contributed by atoms with van der Waals surface area (Å²) in [5.41, 5.74) is 2.67. The molecular formula is C17H25N3O. The molecule has 0 radical (unpaired) electrons. The van der Waals surface area contributed by atoms with Crippen LogP contribution in [0.4, 0.5) is 0 Å². The molecule has 21 heavy (non-hydrogen) atoms. The SMILES string of the molecule is Cc1[nH]c2ccccc2c1C(C)(C)C(=O)NCCN(C)C. The maximum Gasteiger partial charge on any atom is 0.230 e. The lowest BCUT2D eigenvalue weighted by atomic mass is 9.82. The molecule has 0 aliphatic heterocycles. The van der Waals surface area contributed by atoms with E-state index in [1.165, 1.54) is 0 Å². The van der Waals surface area contributed by atoms with E-state index in [9.17, 15) is 4.79 Å². The van der Waals surface area contributed by atoms with Crippen LogP contribution < -0.4 is 5.32 Å². The van der Waals surface area contributed by atoms with Crippen LogP contribution in [0.25, 0.3) is 10.9 Å². The maximum atomic E-state index is 12.6. The Hall–Kier alpha value is -1.81. The number of H-pyrrole nitrogens is 1. The van der Waals surface area contributed by atoms with Crippen molar-refractivity contribution in [2.45, 2.75) is 26.2 Å². The molecule has 1 aromatic heterocycles. The van der Waals surface area contributed by atoms with Crippen LogP contribution in [-0.4, -0.2) is 43.0 Å². The first-order valence-electron chi connectivity index (χ1n) is 7.35. The molecule has 0 atom stereocenters. The van der Waals surface area contributed by atoms with E-state index in [1.807, 2.05) is 53.1 Å². The van der Waals surface area contributed by atoms with Gasteiger partial charge in [-0.05, 0) is 46.5 Å². The summed E-state index contributed by atoms with van der Waals surface area (Å²) >= 11 is 0. The standard InChI is InChI=1S/C17H25N3O/c1-12-15(13-8-6-7-9-14(13)19-12)17(2,3)16(21)18-10-11-20(4)5/h6-9,19H,10-11H2,1-5H3,(H,18,21). The second-order valence-corrected chi connectivity index (χ2v) is 6.35. The molecule has 2 N–H and O–H groups in total. The lowest BCUT2D eigenvalue weighted by Crippen LogP contribution is -2.42. The fourth-order valence-corrected chi connectivity index (χ4v) is 2.81. The van der Waals surface area contributed by atoms with Crippen molar-refractivity contribution in [3.63, 3.8) is 0 Å². The number of nitrogens with one attached hydrogen (secondary N) is 2. The number of aromatic nitrogens is 1. The molecular weight excluding hydrogens is 262 g/mol. The van der Waals surface area contributed by atoms with E-state index in [1.54, 1.807) is 0 Å². The monoisotopic (exact) mass is 287 g/mol. The largest absolute Gasteiger partial charge is 0.358 e. The van der Waals surface area contributed by atoms with Crippen LogP contribution in [0.1, 0.15) is 25.1 Å². The van der Waals surface area contributed by atoms with Crippen LogP contribution in [0.5, 0.6) is 0 Å². The van der Waals surface area contributed by atoms with E-state index in [0.29, 0.717) is 6.54 Å². The summed E-state index contributed by atoms with van der Waals surface area (Å²) in [6.45, 7) is 7.51. The van der Waals surface area contributed by atoms with Crippen molar-refractivity contribution < 1.29 is 4.79 Å². The van der Waals surface area contributed by atoms with Crippen LogP contribution in [0.3, 0.4) is 0 Å². The van der Waals surface area contributed by atoms with Crippen molar-refractivity contribution in [1.29, 1.82) is 0 Å². The summed E-state index contributed by atoms with van der Waals surface area (Å²) in [7, 11) is 4.00. The quantitative estimate of drug-likeness (QED) is 0.887. The number of carbonyl (C=O) groups is 1. The molecule has 0 unspecified atom stereocenters. The average molecular weight is 287 g/mol. The molecule has 0 saturated heterocycles. The Balaban J connectivity index is 2.28. The van der Waals surface area contributed by atoms with Crippen molar-refractivity contribution >= 4 is 16.8 Å². The van der Waals surface area contributed by atoms with Gasteiger partial charge < -0.3 is 15.2 Å². The summed E-state index contributed by atoms with van der Waals surface area (Å²) in [5.74, 6) is 0.0669. The molecule has 0 aliphatic carbocycles. The zero-order chi connectivity index (χ0) is 15.6. The molecule has 4 heteroatoms. The molecule has 114 valence electrons. The van der Waals surface area contributed by atoms with Crippen molar-refractivity contribution in [2.24, 2.45) is 0 Å². The van der Waals surface area contributed by atoms with Gasteiger partial charge in [-0.3, -0.25) is 4.79 Å². The van der Waals surface area contributed by atoms with Crippen molar-refractivity contribution in [3.05, 3.63) is 35.5 Å². The van der Waals surface area contributed by atoms with Gasteiger partial charge >= 0.3 is 0 Å². The molecule has 2 rings (SSSR count). The number of rotatable bonds is 5. The summed E-state index contributed by atoms with van der Waals surface area (Å²) in [5, 5.41) is 4.17. The third-order valence-electron chi connectivity index (χ3n) is 3.93. The Bertz CT molecular complexity index is 641. The van der Waals surface area contributed by atoms with Gasteiger partial charge in [0.15, 0.2) is 0 Å². The number of amides is 1. The highest BCUT2D eigenvalue weighted by Crippen LogP contribution is 2.33. The third kappa shape index (κ3) is 3.10. The highest BCUT2D eigenvalue weighted by atomic mass is 16.2. The fourth-order valence-electron chi connectivity index (χ4n) is 2.81. The van der Waals surface area contributed by atoms with Crippen molar-refractivity contribution in [3.8, 4) is 0 Å². The number of carbonyl (C=O) groups excluding carboxylic acids is 1. The van der Waals surface area contributed by atoms with Gasteiger partial charge in [-0.25, -0.2) is 0 Å². The van der Waals surface area contributed by atoms with Gasteiger partial charge in [0.1, 0.15) is 0 Å². The van der Waals surface area contributed by atoms with Crippen molar-refractivity contribution in [2.75, 3.05) is 27.2 Å². The highest BCUT2D eigenvalue weighted by Gasteiger charge is 2.33. The molecule has 1 amide bonds. The Labute approximate surface area is 126 Å². The molecule has 0 bridgehead atoms. The summed E-state index contributed by atoms with van der Waals surface area (Å²) in [6.07, 6.45) is 0. The second kappa shape index (κ2) is 5.90. The third-order valence-corrected chi connectivity index (χ3v) is 3.93. The number of hydrogen-bond donors (Lipinski definition) is 2. The minimum absolute atomic E-state index is 0.0669. The smallest absolute Gasteiger partial charge is 0.230 e. The van der Waals surface area contributed by atoms with Crippen LogP contribution >= 0.6 is 0 Å². The number of para-hydroxylation sites is 1. The Kier molecular flexibility index (Phi) is 4.37. The van der Waals surface area contributed by atoms with E-state index >= 15 is 0 Å². The Morgan fingerprint density at radius 3 is 2.62 bits per heavy atom. The first kappa shape index (κ1) is 15.6. The summed E-state index contributed by atoms with van der Waals surface area (Å²) < 4.78 is 0. The minimum Gasteiger partial charge on any atom is -0.358 e. The van der Waals surface area contributed by atoms with Crippen LogP contribution in [0.2, 0.25) is 0 Å². The van der Waals surface area contributed by atoms with E-state index < -0.39 is 5.41 Å². The number of likely N-dealkylation sites (N-methyl/N-ethyl adjacent to an activating group) is 1. The zero-order valence-corrected chi connectivity index (χ0v) is 13.6. The predicted octanol–water partition coefficient (Wildman–Crippen LogP) is 2.43. The number of nitrogens with zero attached hydrogens (tertiary/aromatic N) is 1. The van der Waals surface area contributed by atoms with E-state index in [0.717, 1.165) is 28.7 Å². The molecule has 4 nitrogen and oxygen atoms in total. The van der Waals surface area contributed by atoms with E-state index in [4.69, 9.17) is 0 Å². The van der Waals surface area contributed by atoms with Gasteiger partial charge in [0.25, 0.3) is 0 Å². The number of hydrogen-bond acceptors (Lipinski definition) is 2. The lowest BCUT2D eigenvalue weighted by Gasteiger charge is -2.25. The molecule has 0 fully saturated rings. The molecule has 0 aliphatic rings. The topological polar surface area (TPSA) is 48.1 Å². The van der Waals surface area contributed by atoms with Gasteiger partial charge in [0.05, 0.1) is 5.41 Å². The van der Waals surface area contributed by atoms with E-state index in [-0.39, 0.29) is 5.91 Å². The second-order valence-electron chi connectivity index (χ2n) is 6.35. The first-order valence-corrected chi connectivity index (χ1v) is 7.35. The normalized spacial score (nSPS) is 12.1. The van der Waals surface area contributed by atoms with Gasteiger partial charge in [-0.1, -0.05) is 18.2 Å². The average Bonchev–Trinajstić information content (AvgIpc) is 2.74. The van der Waals surface area contributed by atoms with E-state index in [2.05, 4.69) is 21.3 Å². The minimum atomic E-state index is -0.560. The Morgan fingerprint density at radius 1 is 1.29 bits per heavy atom. The van der Waals surface area contributed by atoms with Crippen LogP contribution in [-0.2, 0) is 10.2 Å². The maximum absolute atomic E-state index is 12.6. The number of aryl methyl sites for hydroxylation is 1. The van der Waals surface area contributed by atoms with Gasteiger partial charge in [-0.2, -0.15) is 0 Å². The van der Waals surface area contributed by atoms with Crippen LogP contribution in [0, 0.1) is 6.92 Å². The first-order chi connectivity index (χ1) is 9.84. The zero-order valence-electron chi connectivity index (χ0n) is 13.6. The molecule has 0 saturated carbocycles. The van der Waals surface area contributed by atoms with Gasteiger partial charge in [-0.15, -0.1) is 0 Å². The highest BCUT2D eigenvalue weighted by molar-refractivity contribution is 5.95. The van der Waals surface area contributed by atoms with Crippen LogP contribution in [0.15, 0.2) is 24.3 Å². The summed E-state index contributed by atoms with van der Waals surface area (Å²) in [6, 6.07) is 8.14. The molecule has 2 aromatic rings. The number of benzene rings is 1. The van der Waals surface area contributed by atoms with Gasteiger partial charge in [0, 0.05) is 29.7 Å². The molecule has 0 spiro atoms. The Morgan fingerprint density at radius 2 is 1.95 bits per heavy atom.